The molecule has 18 heavy (non-hydrogen) atoms. The fourth-order valence-electron chi connectivity index (χ4n) is 3.06. The summed E-state index contributed by atoms with van der Waals surface area (Å²) >= 11 is 0. The van der Waals surface area contributed by atoms with Crippen LogP contribution in [0.1, 0.15) is 25.7 Å². The summed E-state index contributed by atoms with van der Waals surface area (Å²) in [6.07, 6.45) is 9.13. The van der Waals surface area contributed by atoms with Crippen molar-refractivity contribution in [3.05, 3.63) is 23.8 Å². The Morgan fingerprint density at radius 3 is 2.56 bits per heavy atom. The molecule has 2 rings (SSSR count). The zero-order chi connectivity index (χ0) is 13.2. The van der Waals surface area contributed by atoms with E-state index in [1.807, 2.05) is 12.2 Å². The highest BCUT2D eigenvalue weighted by Crippen LogP contribution is 2.48. The molecule has 0 aliphatic heterocycles. The smallest absolute Gasteiger partial charge is 0.324 e. The van der Waals surface area contributed by atoms with Crippen LogP contribution < -0.4 is 0 Å². The Hall–Kier alpha value is -1.58. The van der Waals surface area contributed by atoms with E-state index in [1.165, 1.54) is 14.2 Å². The first-order chi connectivity index (χ1) is 8.66. The van der Waals surface area contributed by atoms with Gasteiger partial charge in [-0.2, -0.15) is 0 Å². The Kier molecular flexibility index (Phi) is 3.55. The van der Waals surface area contributed by atoms with Crippen LogP contribution in [0.3, 0.4) is 0 Å². The molecule has 0 amide bonds. The molecule has 1 saturated carbocycles. The van der Waals surface area contributed by atoms with E-state index in [9.17, 15) is 9.59 Å². The molecule has 0 radical (unpaired) electrons. The van der Waals surface area contributed by atoms with E-state index in [2.05, 4.69) is 6.08 Å². The minimum Gasteiger partial charge on any atom is -0.468 e. The molecule has 0 heterocycles. The van der Waals surface area contributed by atoms with Gasteiger partial charge in [0.05, 0.1) is 14.2 Å². The highest BCUT2D eigenvalue weighted by atomic mass is 16.5. The van der Waals surface area contributed by atoms with Crippen LogP contribution in [0.5, 0.6) is 0 Å². The zero-order valence-electron chi connectivity index (χ0n) is 10.8. The molecule has 0 aromatic carbocycles. The number of methoxy groups -OCH3 is 2. The van der Waals surface area contributed by atoms with Gasteiger partial charge in [-0.3, -0.25) is 9.59 Å². The predicted molar refractivity (Wildman–Crippen MR) is 65.6 cm³/mol. The van der Waals surface area contributed by atoms with Gasteiger partial charge in [0.25, 0.3) is 0 Å². The topological polar surface area (TPSA) is 52.6 Å². The molecule has 2 aliphatic carbocycles. The first-order valence-corrected chi connectivity index (χ1v) is 6.19. The lowest BCUT2D eigenvalue weighted by Crippen LogP contribution is -2.49. The Morgan fingerprint density at radius 1 is 1.28 bits per heavy atom. The summed E-state index contributed by atoms with van der Waals surface area (Å²) in [6, 6.07) is 0. The van der Waals surface area contributed by atoms with Crippen molar-refractivity contribution in [1.82, 2.24) is 0 Å². The van der Waals surface area contributed by atoms with Crippen molar-refractivity contribution >= 4 is 11.9 Å². The largest absolute Gasteiger partial charge is 0.468 e. The first-order valence-electron chi connectivity index (χ1n) is 6.19. The molecule has 0 bridgehead atoms. The molecule has 0 aromatic rings. The minimum absolute atomic E-state index is 0.208. The molecule has 0 aromatic heterocycles. The van der Waals surface area contributed by atoms with Crippen LogP contribution in [-0.2, 0) is 19.1 Å². The number of allylic oxidation sites excluding steroid dienone is 4. The van der Waals surface area contributed by atoms with Crippen LogP contribution in [-0.4, -0.2) is 26.2 Å². The molecule has 1 fully saturated rings. The maximum atomic E-state index is 12.2. The number of esters is 2. The van der Waals surface area contributed by atoms with Crippen molar-refractivity contribution < 1.29 is 19.1 Å². The molecule has 4 heteroatoms. The average Bonchev–Trinajstić information content (AvgIpc) is 2.44. The van der Waals surface area contributed by atoms with E-state index >= 15 is 0 Å². The standard InChI is InChI=1S/C14H18O4/c1-17-12(15)14(13(16)18-2)9-5-7-10-6-3-4-8-11(10)14/h4,6,8,11H,3,5,7,9H2,1-2H3. The van der Waals surface area contributed by atoms with Gasteiger partial charge in [-0.25, -0.2) is 0 Å². The van der Waals surface area contributed by atoms with Gasteiger partial charge in [0.15, 0.2) is 5.41 Å². The number of fused-ring (bicyclic) bond motifs is 1. The fourth-order valence-corrected chi connectivity index (χ4v) is 3.06. The van der Waals surface area contributed by atoms with Crippen LogP contribution in [0.4, 0.5) is 0 Å². The maximum absolute atomic E-state index is 12.2. The molecule has 2 aliphatic rings. The van der Waals surface area contributed by atoms with E-state index < -0.39 is 17.4 Å². The number of hydrogen-bond acceptors (Lipinski definition) is 4. The number of hydrogen-bond donors (Lipinski definition) is 0. The van der Waals surface area contributed by atoms with Gasteiger partial charge < -0.3 is 9.47 Å². The van der Waals surface area contributed by atoms with Crippen LogP contribution >= 0.6 is 0 Å². The molecule has 0 N–H and O–H groups in total. The van der Waals surface area contributed by atoms with Crippen molar-refractivity contribution in [2.45, 2.75) is 25.7 Å². The van der Waals surface area contributed by atoms with Crippen molar-refractivity contribution in [3.8, 4) is 0 Å². The second kappa shape index (κ2) is 4.96. The lowest BCUT2D eigenvalue weighted by Gasteiger charge is -2.40. The highest BCUT2D eigenvalue weighted by Gasteiger charge is 2.56. The Morgan fingerprint density at radius 2 is 1.94 bits per heavy atom. The van der Waals surface area contributed by atoms with Gasteiger partial charge in [0.2, 0.25) is 0 Å². The third kappa shape index (κ3) is 1.76. The zero-order valence-corrected chi connectivity index (χ0v) is 10.8. The third-order valence-electron chi connectivity index (χ3n) is 3.91. The van der Waals surface area contributed by atoms with E-state index in [4.69, 9.17) is 9.47 Å². The van der Waals surface area contributed by atoms with Crippen LogP contribution in [0.25, 0.3) is 0 Å². The van der Waals surface area contributed by atoms with E-state index in [0.29, 0.717) is 6.42 Å². The van der Waals surface area contributed by atoms with E-state index in [-0.39, 0.29) is 5.92 Å². The predicted octanol–water partition coefficient (Wildman–Crippen LogP) is 2.01. The second-order valence-electron chi connectivity index (χ2n) is 4.73. The van der Waals surface area contributed by atoms with Crippen molar-refractivity contribution in [2.75, 3.05) is 14.2 Å². The van der Waals surface area contributed by atoms with Crippen LogP contribution in [0, 0.1) is 11.3 Å². The van der Waals surface area contributed by atoms with Gasteiger partial charge in [0, 0.05) is 5.92 Å². The Labute approximate surface area is 107 Å². The molecule has 4 nitrogen and oxygen atoms in total. The average molecular weight is 250 g/mol. The molecule has 98 valence electrons. The van der Waals surface area contributed by atoms with Crippen LogP contribution in [0.15, 0.2) is 23.8 Å². The summed E-state index contributed by atoms with van der Waals surface area (Å²) in [7, 11) is 2.63. The lowest BCUT2D eigenvalue weighted by molar-refractivity contribution is -0.173. The summed E-state index contributed by atoms with van der Waals surface area (Å²) in [5.74, 6) is -1.19. The van der Waals surface area contributed by atoms with Crippen molar-refractivity contribution in [2.24, 2.45) is 11.3 Å². The first kappa shape index (κ1) is 12.9. The van der Waals surface area contributed by atoms with Crippen LogP contribution in [0.2, 0.25) is 0 Å². The lowest BCUT2D eigenvalue weighted by atomic mass is 9.62. The monoisotopic (exact) mass is 250 g/mol. The van der Waals surface area contributed by atoms with Gasteiger partial charge in [-0.15, -0.1) is 0 Å². The summed E-state index contributed by atoms with van der Waals surface area (Å²) in [4.78, 5) is 24.3. The number of ether oxygens (including phenoxy) is 2. The normalized spacial score (nSPS) is 24.8. The van der Waals surface area contributed by atoms with Crippen molar-refractivity contribution in [3.63, 3.8) is 0 Å². The molecular weight excluding hydrogens is 232 g/mol. The van der Waals surface area contributed by atoms with Gasteiger partial charge in [0.1, 0.15) is 0 Å². The summed E-state index contributed by atoms with van der Waals surface area (Å²) in [5, 5.41) is 0. The minimum atomic E-state index is -1.19. The molecule has 1 atom stereocenters. The number of carbonyl (C=O) groups is 2. The summed E-state index contributed by atoms with van der Waals surface area (Å²) < 4.78 is 9.73. The number of carbonyl (C=O) groups excluding carboxylic acids is 2. The van der Waals surface area contributed by atoms with E-state index in [1.54, 1.807) is 0 Å². The quantitative estimate of drug-likeness (QED) is 0.427. The Balaban J connectivity index is 2.47. The van der Waals surface area contributed by atoms with Gasteiger partial charge >= 0.3 is 11.9 Å². The number of rotatable bonds is 2. The summed E-state index contributed by atoms with van der Waals surface area (Å²) in [6.45, 7) is 0. The molecule has 0 spiro atoms. The van der Waals surface area contributed by atoms with Gasteiger partial charge in [-0.1, -0.05) is 23.8 Å². The van der Waals surface area contributed by atoms with Gasteiger partial charge in [-0.05, 0) is 25.7 Å². The summed E-state index contributed by atoms with van der Waals surface area (Å²) in [5.41, 5.74) is -0.0376. The Bertz CT molecular complexity index is 404. The third-order valence-corrected chi connectivity index (χ3v) is 3.91. The second-order valence-corrected chi connectivity index (χ2v) is 4.73. The SMILES string of the molecule is COC(=O)C1(C(=O)OC)CCCC2=CCC=CC21. The molecular formula is C14H18O4. The maximum Gasteiger partial charge on any atom is 0.324 e. The fraction of sp³-hybridized carbons (Fsp3) is 0.571. The van der Waals surface area contributed by atoms with Crippen molar-refractivity contribution in [1.29, 1.82) is 0 Å². The highest BCUT2D eigenvalue weighted by molar-refractivity contribution is 6.01. The molecule has 0 saturated heterocycles. The molecule has 1 unspecified atom stereocenters. The van der Waals surface area contributed by atoms with E-state index in [0.717, 1.165) is 24.8 Å².